The number of rotatable bonds is 18. The minimum absolute atomic E-state index is 0.00919. The van der Waals surface area contributed by atoms with E-state index < -0.39 is 20.2 Å². The molecule has 0 N–H and O–H groups in total. The van der Waals surface area contributed by atoms with Gasteiger partial charge in [-0.2, -0.15) is 8.42 Å². The molecule has 464 valence electrons. The molecule has 1 aliphatic carbocycles. The minimum Gasteiger partial charge on any atom is -0.744 e. The maximum Gasteiger partial charge on any atom is 0.358 e. The second kappa shape index (κ2) is 33.1. The van der Waals surface area contributed by atoms with Crippen LogP contribution in [0.4, 0.5) is 0 Å². The fourth-order valence-corrected chi connectivity index (χ4v) is 16.1. The number of oxime groups is 1. The van der Waals surface area contributed by atoms with Gasteiger partial charge >= 0.3 is 10.1 Å². The van der Waals surface area contributed by atoms with Gasteiger partial charge in [0.15, 0.2) is 14.7 Å². The molecule has 1 saturated carbocycles. The number of thiocarbonyl (C=S) groups is 1. The molecule has 0 atom stereocenters. The third-order valence-electron chi connectivity index (χ3n) is 15.7. The average molecular weight is 1280 g/mol. The second-order valence-electron chi connectivity index (χ2n) is 23.4. The summed E-state index contributed by atoms with van der Waals surface area (Å²) in [6, 6.07) is 62.9. The van der Waals surface area contributed by atoms with Crippen molar-refractivity contribution in [3.63, 3.8) is 0 Å². The Labute approximate surface area is 536 Å². The summed E-state index contributed by atoms with van der Waals surface area (Å²) >= 11 is 7.36. The standard InChI is InChI=1S/C24H19S2.C19H15NO4S.C15H27NOS.C15H24O3S/c1-4-10-20(11-5-1)25-21-16-18-24(19-17-21)26(22-12-6-2-7-13-22)23-14-8-3-9-15-23;1-13-6-9-15(10-7-13)25(21,22)24-20-17-12-23-18-11-8-14-4-2-3-5-16(14)19(17)18;18-15(13-14-5-2-1-3-6-14)7-4-8-16-9-11-17-12-10-16;1-9(2)12-7-13(10(3)4)15(19(16,17)18)14(8-12)11(5)6/h1-19H;2-11H,12H2,1H3;14H,1-13H2;7-11H,1-6H3,(H,16,17,18)/q+1;;;/p-1/b;20-17+;;. The Balaban J connectivity index is 0.000000154. The van der Waals surface area contributed by atoms with Crippen LogP contribution in [-0.2, 0) is 40.2 Å². The zero-order chi connectivity index (χ0) is 62.6. The fraction of sp³-hybridized carbons (Fsp3) is 0.342. The normalized spacial score (nSPS) is 15.0. The smallest absolute Gasteiger partial charge is 0.358 e. The highest BCUT2D eigenvalue weighted by atomic mass is 32.2. The van der Waals surface area contributed by atoms with E-state index in [1.807, 2.05) is 83.1 Å². The molecule has 8 aromatic rings. The first-order valence-electron chi connectivity index (χ1n) is 30.7. The van der Waals surface area contributed by atoms with Crippen LogP contribution in [0.15, 0.2) is 227 Å². The van der Waals surface area contributed by atoms with Gasteiger partial charge in [0.25, 0.3) is 0 Å². The van der Waals surface area contributed by atoms with Gasteiger partial charge < -0.3 is 14.0 Å². The number of benzene rings is 8. The van der Waals surface area contributed by atoms with Crippen molar-refractivity contribution in [3.8, 4) is 5.75 Å². The van der Waals surface area contributed by atoms with Crippen molar-refractivity contribution in [2.75, 3.05) is 39.5 Å². The van der Waals surface area contributed by atoms with E-state index in [-0.39, 0.29) is 39.1 Å². The largest absolute Gasteiger partial charge is 0.744 e. The Bertz CT molecular complexity index is 3690. The molecule has 0 bridgehead atoms. The molecule has 11 rings (SSSR count). The molecule has 88 heavy (non-hydrogen) atoms. The van der Waals surface area contributed by atoms with Crippen molar-refractivity contribution < 1.29 is 35.1 Å². The lowest BCUT2D eigenvalue weighted by atomic mass is 9.85. The molecule has 0 aromatic heterocycles. The van der Waals surface area contributed by atoms with Crippen LogP contribution >= 0.6 is 24.0 Å². The highest BCUT2D eigenvalue weighted by Gasteiger charge is 2.29. The zero-order valence-corrected chi connectivity index (χ0v) is 55.9. The van der Waals surface area contributed by atoms with E-state index in [4.69, 9.17) is 26.0 Å². The third kappa shape index (κ3) is 19.7. The summed E-state index contributed by atoms with van der Waals surface area (Å²) in [4.78, 5) is 10.5. The van der Waals surface area contributed by atoms with Crippen LogP contribution in [0.2, 0.25) is 0 Å². The molecule has 0 spiro atoms. The van der Waals surface area contributed by atoms with Gasteiger partial charge in [0.05, 0.1) is 34.6 Å². The van der Waals surface area contributed by atoms with E-state index in [2.05, 4.69) is 139 Å². The second-order valence-corrected chi connectivity index (χ2v) is 30.0. The lowest BCUT2D eigenvalue weighted by molar-refractivity contribution is 0.0376. The molecule has 1 saturated heterocycles. The minimum atomic E-state index is -4.45. The number of hydrogen-bond acceptors (Lipinski definition) is 12. The molecular formula is C73H84N2O8S5. The number of morpholine rings is 1. The van der Waals surface area contributed by atoms with Crippen LogP contribution in [0.3, 0.4) is 0 Å². The molecule has 0 unspecified atom stereocenters. The van der Waals surface area contributed by atoms with Gasteiger partial charge in [-0.15, -0.1) is 0 Å². The molecule has 2 aliphatic heterocycles. The highest BCUT2D eigenvalue weighted by molar-refractivity contribution is 7.99. The molecular weight excluding hydrogens is 1190 g/mol. The third-order valence-corrected chi connectivity index (χ3v) is 21.4. The van der Waals surface area contributed by atoms with Crippen molar-refractivity contribution in [1.82, 2.24) is 4.90 Å². The fourth-order valence-electron chi connectivity index (χ4n) is 10.9. The quantitative estimate of drug-likeness (QED) is 0.0352. The average Bonchev–Trinajstić information content (AvgIpc) is 2.36. The van der Waals surface area contributed by atoms with E-state index in [1.54, 1.807) is 23.9 Å². The molecule has 15 heteroatoms. The number of fused-ring (bicyclic) bond motifs is 3. The van der Waals surface area contributed by atoms with Crippen LogP contribution < -0.4 is 4.74 Å². The first-order chi connectivity index (χ1) is 42.3. The topological polar surface area (TPSA) is 135 Å². The highest BCUT2D eigenvalue weighted by Crippen LogP contribution is 2.37. The predicted molar refractivity (Wildman–Crippen MR) is 364 cm³/mol. The molecule has 2 heterocycles. The monoisotopic (exact) mass is 1280 g/mol. The van der Waals surface area contributed by atoms with E-state index in [9.17, 15) is 21.4 Å². The number of hydrogen-bond donors (Lipinski definition) is 0. The van der Waals surface area contributed by atoms with Gasteiger partial charge in [-0.3, -0.25) is 9.18 Å². The van der Waals surface area contributed by atoms with E-state index in [0.717, 1.165) is 66.1 Å². The van der Waals surface area contributed by atoms with Gasteiger partial charge in [0, 0.05) is 22.9 Å². The molecule has 2 fully saturated rings. The first-order valence-corrected chi connectivity index (χ1v) is 36.0. The molecule has 0 amide bonds. The van der Waals surface area contributed by atoms with Crippen molar-refractivity contribution in [1.29, 1.82) is 0 Å². The molecule has 0 radical (unpaired) electrons. The van der Waals surface area contributed by atoms with Crippen molar-refractivity contribution >= 4 is 76.5 Å². The van der Waals surface area contributed by atoms with Gasteiger partial charge in [-0.25, -0.2) is 8.42 Å². The van der Waals surface area contributed by atoms with Gasteiger partial charge in [-0.1, -0.05) is 218 Å². The van der Waals surface area contributed by atoms with Crippen LogP contribution in [-0.4, -0.2) is 76.3 Å². The Morgan fingerprint density at radius 3 is 1.78 bits per heavy atom. The van der Waals surface area contributed by atoms with Gasteiger partial charge in [0.2, 0.25) is 0 Å². The summed E-state index contributed by atoms with van der Waals surface area (Å²) in [5.41, 5.74) is 4.57. The van der Waals surface area contributed by atoms with Crippen LogP contribution in [0.1, 0.15) is 138 Å². The molecule has 8 aromatic carbocycles. The molecule has 3 aliphatic rings. The Hall–Kier alpha value is -6.14. The number of ether oxygens (including phenoxy) is 2. The van der Waals surface area contributed by atoms with Gasteiger partial charge in [0.1, 0.15) is 33.1 Å². The number of nitrogens with zero attached hydrogens (tertiary/aromatic N) is 2. The van der Waals surface area contributed by atoms with Gasteiger partial charge in [-0.05, 0) is 168 Å². The lowest BCUT2D eigenvalue weighted by Crippen LogP contribution is -2.36. The van der Waals surface area contributed by atoms with E-state index in [0.29, 0.717) is 28.5 Å². The summed E-state index contributed by atoms with van der Waals surface area (Å²) in [5.74, 6) is 1.91. The lowest BCUT2D eigenvalue weighted by Gasteiger charge is -2.26. The predicted octanol–water partition coefficient (Wildman–Crippen LogP) is 18.0. The maximum atomic E-state index is 12.3. The van der Waals surface area contributed by atoms with E-state index >= 15 is 0 Å². The zero-order valence-electron chi connectivity index (χ0n) is 51.8. The van der Waals surface area contributed by atoms with Crippen molar-refractivity contribution in [2.24, 2.45) is 11.1 Å². The Kier molecular flexibility index (Phi) is 25.5. The summed E-state index contributed by atoms with van der Waals surface area (Å²) < 4.78 is 75.3. The first kappa shape index (κ1) is 67.8. The Morgan fingerprint density at radius 1 is 0.670 bits per heavy atom. The SMILES string of the molecule is CC(C)c1cc(C(C)C)c(S(=O)(=O)[O-])c(C(C)C)c1.Cc1ccc(S(=O)(=O)O/N=C2\COc3ccc4ccccc4c32)cc1.S=C(CCCN1CCOCC1)CC1CCCCC1.c1ccc(Sc2ccc([S+](c3ccccc3)c3ccccc3)cc2)cc1. The number of aryl methyl sites for hydroxylation is 1. The van der Waals surface area contributed by atoms with Crippen molar-refractivity contribution in [2.45, 2.75) is 152 Å². The van der Waals surface area contributed by atoms with Crippen LogP contribution in [0.5, 0.6) is 5.75 Å². The Morgan fingerprint density at radius 2 is 1.22 bits per heavy atom. The van der Waals surface area contributed by atoms with Crippen LogP contribution in [0.25, 0.3) is 10.8 Å². The van der Waals surface area contributed by atoms with E-state index in [1.165, 1.54) is 93.0 Å². The summed E-state index contributed by atoms with van der Waals surface area (Å²) in [7, 11) is -8.49. The molecule has 10 nitrogen and oxygen atoms in total. The van der Waals surface area contributed by atoms with Crippen molar-refractivity contribution in [3.05, 3.63) is 216 Å². The summed E-state index contributed by atoms with van der Waals surface area (Å²) in [6.45, 7) is 19.1. The summed E-state index contributed by atoms with van der Waals surface area (Å²) in [5, 5.41) is 5.87. The maximum absolute atomic E-state index is 12.3. The summed E-state index contributed by atoms with van der Waals surface area (Å²) in [6.07, 6.45) is 10.8. The van der Waals surface area contributed by atoms with Crippen LogP contribution in [0, 0.1) is 12.8 Å².